The van der Waals surface area contributed by atoms with Crippen molar-refractivity contribution in [3.8, 4) is 0 Å². The third-order valence-corrected chi connectivity index (χ3v) is 3.21. The minimum Gasteiger partial charge on any atom is -0.476 e. The Hall–Kier alpha value is -1.51. The van der Waals surface area contributed by atoms with Gasteiger partial charge < -0.3 is 20.1 Å². The number of carbonyl (C=O) groups is 2. The topological polar surface area (TPSA) is 91.8 Å². The van der Waals surface area contributed by atoms with Gasteiger partial charge in [0.1, 0.15) is 0 Å². The molecule has 0 fully saturated rings. The van der Waals surface area contributed by atoms with Gasteiger partial charge in [-0.15, -0.1) is 11.3 Å². The van der Waals surface area contributed by atoms with Crippen molar-refractivity contribution in [3.05, 3.63) is 16.1 Å². The van der Waals surface area contributed by atoms with Gasteiger partial charge in [-0.25, -0.2) is 9.78 Å². The van der Waals surface area contributed by atoms with E-state index in [4.69, 9.17) is 9.84 Å². The summed E-state index contributed by atoms with van der Waals surface area (Å²) in [5.41, 5.74) is -0.104. The lowest BCUT2D eigenvalue weighted by Crippen LogP contribution is -2.34. The number of thiazole rings is 1. The van der Waals surface area contributed by atoms with E-state index in [2.05, 4.69) is 10.3 Å². The number of carbonyl (C=O) groups excluding carboxylic acids is 1. The van der Waals surface area contributed by atoms with Crippen LogP contribution in [0.5, 0.6) is 0 Å². The molecule has 0 saturated heterocycles. The van der Waals surface area contributed by atoms with E-state index in [0.717, 1.165) is 17.9 Å². The van der Waals surface area contributed by atoms with Crippen LogP contribution in [-0.4, -0.2) is 67.3 Å². The SMILES string of the molecule is COCCN(C)CCNC(=O)c1nc(C(=O)O)cs1. The number of hydrogen-bond acceptors (Lipinski definition) is 6. The highest BCUT2D eigenvalue weighted by Crippen LogP contribution is 2.09. The predicted octanol–water partition coefficient (Wildman–Crippen LogP) is 0.149. The molecular formula is C11H17N3O4S. The van der Waals surface area contributed by atoms with Gasteiger partial charge in [0.15, 0.2) is 10.7 Å². The Kier molecular flexibility index (Phi) is 6.40. The summed E-state index contributed by atoms with van der Waals surface area (Å²) >= 11 is 1.02. The van der Waals surface area contributed by atoms with Crippen molar-refractivity contribution in [1.82, 2.24) is 15.2 Å². The first-order valence-corrected chi connectivity index (χ1v) is 6.57. The second kappa shape index (κ2) is 7.82. The number of nitrogens with one attached hydrogen (secondary N) is 1. The van der Waals surface area contributed by atoms with E-state index in [0.29, 0.717) is 19.7 Å². The number of methoxy groups -OCH3 is 1. The highest BCUT2D eigenvalue weighted by Gasteiger charge is 2.14. The zero-order valence-corrected chi connectivity index (χ0v) is 11.7. The molecule has 1 rings (SSSR count). The molecule has 1 amide bonds. The maximum absolute atomic E-state index is 11.7. The predicted molar refractivity (Wildman–Crippen MR) is 70.8 cm³/mol. The number of ether oxygens (including phenoxy) is 1. The molecule has 1 aromatic heterocycles. The molecule has 1 aromatic rings. The van der Waals surface area contributed by atoms with Crippen LogP contribution in [0, 0.1) is 0 Å². The van der Waals surface area contributed by atoms with Crippen molar-refractivity contribution >= 4 is 23.2 Å². The molecule has 0 aliphatic carbocycles. The van der Waals surface area contributed by atoms with Crippen molar-refractivity contribution in [2.24, 2.45) is 0 Å². The van der Waals surface area contributed by atoms with Gasteiger partial charge in [-0.3, -0.25) is 4.79 Å². The summed E-state index contributed by atoms with van der Waals surface area (Å²) in [6.07, 6.45) is 0. The molecule has 0 spiro atoms. The number of amides is 1. The molecule has 0 atom stereocenters. The van der Waals surface area contributed by atoms with Crippen molar-refractivity contribution in [3.63, 3.8) is 0 Å². The fourth-order valence-electron chi connectivity index (χ4n) is 1.27. The fourth-order valence-corrected chi connectivity index (χ4v) is 1.98. The summed E-state index contributed by atoms with van der Waals surface area (Å²) in [5, 5.41) is 12.9. The van der Waals surface area contributed by atoms with Gasteiger partial charge in [-0.1, -0.05) is 0 Å². The van der Waals surface area contributed by atoms with E-state index in [1.165, 1.54) is 5.38 Å². The van der Waals surface area contributed by atoms with Crippen molar-refractivity contribution < 1.29 is 19.4 Å². The largest absolute Gasteiger partial charge is 0.476 e. The summed E-state index contributed by atoms with van der Waals surface area (Å²) in [6.45, 7) is 2.58. The molecule has 0 aliphatic rings. The van der Waals surface area contributed by atoms with Crippen LogP contribution >= 0.6 is 11.3 Å². The first kappa shape index (κ1) is 15.5. The van der Waals surface area contributed by atoms with Crippen molar-refractivity contribution in [1.29, 1.82) is 0 Å². The molecule has 0 bridgehead atoms. The molecule has 0 aliphatic heterocycles. The number of carboxylic acid groups (broad SMARTS) is 1. The normalized spacial score (nSPS) is 10.7. The van der Waals surface area contributed by atoms with Crippen molar-refractivity contribution in [2.75, 3.05) is 40.4 Å². The van der Waals surface area contributed by atoms with Crippen LogP contribution in [0.4, 0.5) is 0 Å². The molecule has 0 aromatic carbocycles. The number of nitrogens with zero attached hydrogens (tertiary/aromatic N) is 2. The molecule has 19 heavy (non-hydrogen) atoms. The molecule has 7 nitrogen and oxygen atoms in total. The molecular weight excluding hydrogens is 270 g/mol. The summed E-state index contributed by atoms with van der Waals surface area (Å²) in [5.74, 6) is -1.48. The second-order valence-corrected chi connectivity index (χ2v) is 4.75. The highest BCUT2D eigenvalue weighted by atomic mass is 32.1. The number of aromatic nitrogens is 1. The van der Waals surface area contributed by atoms with E-state index in [9.17, 15) is 9.59 Å². The zero-order chi connectivity index (χ0) is 14.3. The summed E-state index contributed by atoms with van der Waals surface area (Å²) in [6, 6.07) is 0. The molecule has 1 heterocycles. The number of rotatable bonds is 8. The maximum atomic E-state index is 11.7. The summed E-state index contributed by atoms with van der Waals surface area (Å²) in [7, 11) is 3.56. The average Bonchev–Trinajstić information content (AvgIpc) is 2.86. The van der Waals surface area contributed by atoms with Crippen LogP contribution < -0.4 is 5.32 Å². The van der Waals surface area contributed by atoms with Crippen LogP contribution in [0.1, 0.15) is 20.3 Å². The van der Waals surface area contributed by atoms with Gasteiger partial charge in [0, 0.05) is 32.1 Å². The Morgan fingerprint density at radius 3 is 2.84 bits per heavy atom. The van der Waals surface area contributed by atoms with Crippen molar-refractivity contribution in [2.45, 2.75) is 0 Å². The lowest BCUT2D eigenvalue weighted by atomic mass is 10.5. The molecule has 8 heteroatoms. The molecule has 106 valence electrons. The Balaban J connectivity index is 2.32. The molecule has 0 saturated carbocycles. The van der Waals surface area contributed by atoms with E-state index >= 15 is 0 Å². The summed E-state index contributed by atoms with van der Waals surface area (Å²) in [4.78, 5) is 28.1. The Morgan fingerprint density at radius 2 is 2.26 bits per heavy atom. The van der Waals surface area contributed by atoms with Crippen LogP contribution in [-0.2, 0) is 4.74 Å². The minimum absolute atomic E-state index is 0.104. The average molecular weight is 287 g/mol. The van der Waals surface area contributed by atoms with Gasteiger partial charge in [0.25, 0.3) is 5.91 Å². The van der Waals surface area contributed by atoms with E-state index in [1.54, 1.807) is 7.11 Å². The Labute approximate surface area is 115 Å². The number of likely N-dealkylation sites (N-methyl/N-ethyl adjacent to an activating group) is 1. The van der Waals surface area contributed by atoms with Gasteiger partial charge in [0.05, 0.1) is 6.61 Å². The van der Waals surface area contributed by atoms with Gasteiger partial charge >= 0.3 is 5.97 Å². The van der Waals surface area contributed by atoms with Crippen LogP contribution in [0.3, 0.4) is 0 Å². The quantitative estimate of drug-likeness (QED) is 0.707. The zero-order valence-electron chi connectivity index (χ0n) is 10.9. The van der Waals surface area contributed by atoms with Gasteiger partial charge in [0.2, 0.25) is 0 Å². The molecule has 2 N–H and O–H groups in total. The van der Waals surface area contributed by atoms with E-state index in [-0.39, 0.29) is 16.6 Å². The summed E-state index contributed by atoms with van der Waals surface area (Å²) < 4.78 is 4.94. The fraction of sp³-hybridized carbons (Fsp3) is 0.545. The first-order chi connectivity index (χ1) is 9.04. The Morgan fingerprint density at radius 1 is 1.53 bits per heavy atom. The molecule has 0 radical (unpaired) electrons. The second-order valence-electron chi connectivity index (χ2n) is 3.90. The minimum atomic E-state index is -1.13. The maximum Gasteiger partial charge on any atom is 0.355 e. The van der Waals surface area contributed by atoms with E-state index in [1.807, 2.05) is 11.9 Å². The first-order valence-electron chi connectivity index (χ1n) is 5.69. The Bertz CT molecular complexity index is 435. The number of aromatic carboxylic acids is 1. The smallest absolute Gasteiger partial charge is 0.355 e. The lowest BCUT2D eigenvalue weighted by Gasteiger charge is -2.15. The van der Waals surface area contributed by atoms with E-state index < -0.39 is 5.97 Å². The monoisotopic (exact) mass is 287 g/mol. The van der Waals surface area contributed by atoms with Crippen LogP contribution in [0.15, 0.2) is 5.38 Å². The highest BCUT2D eigenvalue weighted by molar-refractivity contribution is 7.11. The standard InChI is InChI=1S/C11H17N3O4S/c1-14(5-6-18-2)4-3-12-9(15)10-13-8(7-19-10)11(16)17/h7H,3-6H2,1-2H3,(H,12,15)(H,16,17). The molecule has 0 unspecified atom stereocenters. The van der Waals surface area contributed by atoms with Crippen LogP contribution in [0.25, 0.3) is 0 Å². The van der Waals surface area contributed by atoms with Gasteiger partial charge in [-0.2, -0.15) is 0 Å². The third-order valence-electron chi connectivity index (χ3n) is 2.37. The number of carboxylic acids is 1. The lowest BCUT2D eigenvalue weighted by molar-refractivity contribution is 0.0691. The van der Waals surface area contributed by atoms with Gasteiger partial charge in [-0.05, 0) is 7.05 Å². The third kappa shape index (κ3) is 5.33. The number of hydrogen-bond donors (Lipinski definition) is 2. The van der Waals surface area contributed by atoms with Crippen LogP contribution in [0.2, 0.25) is 0 Å².